The number of anilines is 1. The first-order valence-corrected chi connectivity index (χ1v) is 9.13. The second kappa shape index (κ2) is 6.89. The van der Waals surface area contributed by atoms with Gasteiger partial charge in [0.15, 0.2) is 0 Å². The quantitative estimate of drug-likeness (QED) is 0.916. The predicted molar refractivity (Wildman–Crippen MR) is 101 cm³/mol. The number of fused-ring (bicyclic) bond motifs is 1. The molecule has 4 nitrogen and oxygen atoms in total. The Labute approximate surface area is 149 Å². The van der Waals surface area contributed by atoms with Gasteiger partial charge in [-0.25, -0.2) is 0 Å². The van der Waals surface area contributed by atoms with E-state index in [0.717, 1.165) is 44.6 Å². The first kappa shape index (κ1) is 16.2. The first-order chi connectivity index (χ1) is 12.2. The highest BCUT2D eigenvalue weighted by Crippen LogP contribution is 2.32. The van der Waals surface area contributed by atoms with Crippen LogP contribution in [0.5, 0.6) is 0 Å². The van der Waals surface area contributed by atoms with Crippen LogP contribution >= 0.6 is 0 Å². The van der Waals surface area contributed by atoms with Crippen LogP contribution in [-0.4, -0.2) is 48.9 Å². The number of carbonyl (C=O) groups is 1. The van der Waals surface area contributed by atoms with Crippen molar-refractivity contribution in [3.63, 3.8) is 0 Å². The van der Waals surface area contributed by atoms with Crippen molar-refractivity contribution in [1.82, 2.24) is 9.80 Å². The number of rotatable bonds is 2. The van der Waals surface area contributed by atoms with E-state index in [-0.39, 0.29) is 5.91 Å². The Kier molecular flexibility index (Phi) is 4.45. The molecule has 0 radical (unpaired) electrons. The van der Waals surface area contributed by atoms with Gasteiger partial charge in [-0.15, -0.1) is 0 Å². The van der Waals surface area contributed by atoms with Crippen LogP contribution in [0.2, 0.25) is 0 Å². The minimum absolute atomic E-state index is 0.154. The van der Waals surface area contributed by atoms with Gasteiger partial charge in [0.25, 0.3) is 5.91 Å². The monoisotopic (exact) mass is 335 g/mol. The molecular formula is C21H25N3O. The van der Waals surface area contributed by atoms with Crippen LogP contribution in [0.3, 0.4) is 0 Å². The van der Waals surface area contributed by atoms with E-state index in [1.165, 1.54) is 16.8 Å². The molecule has 0 bridgehead atoms. The van der Waals surface area contributed by atoms with Crippen LogP contribution in [0.1, 0.15) is 33.9 Å². The van der Waals surface area contributed by atoms with E-state index in [1.54, 1.807) is 0 Å². The molecular weight excluding hydrogens is 310 g/mol. The summed E-state index contributed by atoms with van der Waals surface area (Å²) in [7, 11) is 2.10. The number of hydrogen-bond donors (Lipinski definition) is 1. The standard InChI is InChI=1S/C21H25N3O/c1-23-12-14-24(15-13-23)21(25)18-8-6-17(7-9-18)20-11-10-16-4-2-3-5-19(16)22-20/h2-9,20,22H,10-15H2,1H3. The second-order valence-corrected chi connectivity index (χ2v) is 7.11. The molecule has 2 aromatic rings. The summed E-state index contributed by atoms with van der Waals surface area (Å²) >= 11 is 0. The van der Waals surface area contributed by atoms with Crippen LogP contribution < -0.4 is 5.32 Å². The number of likely N-dealkylation sites (N-methyl/N-ethyl adjacent to an activating group) is 1. The Morgan fingerprint density at radius 2 is 1.72 bits per heavy atom. The van der Waals surface area contributed by atoms with Gasteiger partial charge in [-0.2, -0.15) is 0 Å². The number of para-hydroxylation sites is 1. The number of benzene rings is 2. The van der Waals surface area contributed by atoms with E-state index in [9.17, 15) is 4.79 Å². The fourth-order valence-electron chi connectivity index (χ4n) is 3.74. The first-order valence-electron chi connectivity index (χ1n) is 9.13. The molecule has 130 valence electrons. The van der Waals surface area contributed by atoms with Crippen molar-refractivity contribution in [2.24, 2.45) is 0 Å². The van der Waals surface area contributed by atoms with Gasteiger partial charge in [0.1, 0.15) is 0 Å². The number of carbonyl (C=O) groups excluding carboxylic acids is 1. The second-order valence-electron chi connectivity index (χ2n) is 7.11. The zero-order valence-corrected chi connectivity index (χ0v) is 14.7. The molecule has 4 rings (SSSR count). The molecule has 1 fully saturated rings. The topological polar surface area (TPSA) is 35.6 Å². The lowest BCUT2D eigenvalue weighted by molar-refractivity contribution is 0.0664. The fraction of sp³-hybridized carbons (Fsp3) is 0.381. The zero-order valence-electron chi connectivity index (χ0n) is 14.7. The van der Waals surface area contributed by atoms with Crippen molar-refractivity contribution in [2.45, 2.75) is 18.9 Å². The number of aryl methyl sites for hydroxylation is 1. The van der Waals surface area contributed by atoms with Gasteiger partial charge in [-0.3, -0.25) is 4.79 Å². The minimum Gasteiger partial charge on any atom is -0.378 e. The lowest BCUT2D eigenvalue weighted by Gasteiger charge is -2.32. The van der Waals surface area contributed by atoms with Crippen molar-refractivity contribution >= 4 is 11.6 Å². The SMILES string of the molecule is CN1CCN(C(=O)c2ccc(C3CCc4ccccc4N3)cc2)CC1. The van der Waals surface area contributed by atoms with Crippen molar-refractivity contribution in [3.05, 3.63) is 65.2 Å². The molecule has 0 aliphatic carbocycles. The zero-order chi connectivity index (χ0) is 17.2. The van der Waals surface area contributed by atoms with E-state index in [0.29, 0.717) is 6.04 Å². The number of hydrogen-bond acceptors (Lipinski definition) is 3. The van der Waals surface area contributed by atoms with E-state index < -0.39 is 0 Å². The molecule has 1 unspecified atom stereocenters. The van der Waals surface area contributed by atoms with Gasteiger partial charge < -0.3 is 15.1 Å². The summed E-state index contributed by atoms with van der Waals surface area (Å²) in [4.78, 5) is 16.9. The molecule has 1 N–H and O–H groups in total. The minimum atomic E-state index is 0.154. The average Bonchev–Trinajstić information content (AvgIpc) is 2.68. The predicted octanol–water partition coefficient (Wildman–Crippen LogP) is 3.17. The summed E-state index contributed by atoms with van der Waals surface area (Å²) in [5.41, 5.74) is 4.67. The van der Waals surface area contributed by atoms with Crippen LogP contribution in [0.25, 0.3) is 0 Å². The normalized spacial score (nSPS) is 20.7. The van der Waals surface area contributed by atoms with Crippen LogP contribution in [-0.2, 0) is 6.42 Å². The molecule has 0 aromatic heterocycles. The van der Waals surface area contributed by atoms with Gasteiger partial charge in [-0.1, -0.05) is 30.3 Å². The molecule has 2 heterocycles. The Morgan fingerprint density at radius 3 is 2.48 bits per heavy atom. The Balaban J connectivity index is 1.45. The molecule has 1 saturated heterocycles. The van der Waals surface area contributed by atoms with Gasteiger partial charge in [0.2, 0.25) is 0 Å². The molecule has 4 heteroatoms. The van der Waals surface area contributed by atoms with Crippen LogP contribution in [0.4, 0.5) is 5.69 Å². The van der Waals surface area contributed by atoms with Gasteiger partial charge in [0.05, 0.1) is 6.04 Å². The third-order valence-corrected chi connectivity index (χ3v) is 5.40. The smallest absolute Gasteiger partial charge is 0.253 e. The number of amides is 1. The van der Waals surface area contributed by atoms with Crippen molar-refractivity contribution in [1.29, 1.82) is 0 Å². The average molecular weight is 335 g/mol. The molecule has 0 spiro atoms. The summed E-state index contributed by atoms with van der Waals surface area (Å²) in [5.74, 6) is 0.154. The highest BCUT2D eigenvalue weighted by atomic mass is 16.2. The Bertz CT molecular complexity index is 748. The molecule has 0 saturated carbocycles. The summed E-state index contributed by atoms with van der Waals surface area (Å²) in [6.45, 7) is 3.54. The molecule has 1 amide bonds. The van der Waals surface area contributed by atoms with E-state index >= 15 is 0 Å². The number of nitrogens with one attached hydrogen (secondary N) is 1. The van der Waals surface area contributed by atoms with Crippen molar-refractivity contribution in [3.8, 4) is 0 Å². The largest absolute Gasteiger partial charge is 0.378 e. The third kappa shape index (κ3) is 3.40. The van der Waals surface area contributed by atoms with Crippen LogP contribution in [0.15, 0.2) is 48.5 Å². The Hall–Kier alpha value is -2.33. The molecule has 2 aromatic carbocycles. The molecule has 1 atom stereocenters. The maximum Gasteiger partial charge on any atom is 0.253 e. The van der Waals surface area contributed by atoms with Crippen molar-refractivity contribution < 1.29 is 4.79 Å². The van der Waals surface area contributed by atoms with E-state index in [2.05, 4.69) is 53.7 Å². The highest BCUT2D eigenvalue weighted by molar-refractivity contribution is 5.94. The lowest BCUT2D eigenvalue weighted by Crippen LogP contribution is -2.47. The van der Waals surface area contributed by atoms with Crippen LogP contribution in [0, 0.1) is 0 Å². The Morgan fingerprint density at radius 1 is 1.00 bits per heavy atom. The van der Waals surface area contributed by atoms with E-state index in [1.807, 2.05) is 17.0 Å². The van der Waals surface area contributed by atoms with Gasteiger partial charge >= 0.3 is 0 Å². The third-order valence-electron chi connectivity index (χ3n) is 5.40. The molecule has 2 aliphatic heterocycles. The molecule has 2 aliphatic rings. The molecule has 25 heavy (non-hydrogen) atoms. The fourth-order valence-corrected chi connectivity index (χ4v) is 3.74. The highest BCUT2D eigenvalue weighted by Gasteiger charge is 2.22. The van der Waals surface area contributed by atoms with Gasteiger partial charge in [0, 0.05) is 37.4 Å². The van der Waals surface area contributed by atoms with Gasteiger partial charge in [-0.05, 0) is 49.2 Å². The summed E-state index contributed by atoms with van der Waals surface area (Å²) in [6.07, 6.45) is 2.18. The maximum atomic E-state index is 12.6. The summed E-state index contributed by atoms with van der Waals surface area (Å²) in [6, 6.07) is 17.0. The lowest BCUT2D eigenvalue weighted by atomic mass is 9.93. The number of piperazine rings is 1. The number of nitrogens with zero attached hydrogens (tertiary/aromatic N) is 2. The summed E-state index contributed by atoms with van der Waals surface area (Å²) < 4.78 is 0. The van der Waals surface area contributed by atoms with E-state index in [4.69, 9.17) is 0 Å². The maximum absolute atomic E-state index is 12.6. The van der Waals surface area contributed by atoms with Crippen molar-refractivity contribution in [2.75, 3.05) is 38.5 Å². The summed E-state index contributed by atoms with van der Waals surface area (Å²) in [5, 5.41) is 3.63.